The second-order valence-electron chi connectivity index (χ2n) is 31.1. The van der Waals surface area contributed by atoms with E-state index < -0.39 is 0 Å². The topological polar surface area (TPSA) is 77.3 Å². The average molecular weight is 2130 g/mol. The van der Waals surface area contributed by atoms with Crippen LogP contribution >= 0.6 is 28.3 Å². The zero-order valence-corrected chi connectivity index (χ0v) is 78.6. The normalized spacial score (nSPS) is 11.1. The summed E-state index contributed by atoms with van der Waals surface area (Å²) < 4.78 is 0. The van der Waals surface area contributed by atoms with Gasteiger partial charge in [-0.05, 0) is 148 Å². The standard InChI is InChI=1S/C102H129N6.3ClH.3Pt/c1-7-13-19-25-31-37-49-91-55-43-61-97(103-91)85-70-82(71-86(76-85)98-62-44-56-92(104-98)50-38-32-26-20-14-8-2)79-67-80(83-72-87(99-63-45-57-93(105-99)51-39-33-27-21-15-9-3)77-88(73-83)100-64-46-58-94(106-100)52-40-34-28-22-16-10-4)69-81(68-79)84-74-89(101-65-47-59-95(107-101)53-41-35-29-23-17-11-5)78-90(75-84)102-66-48-60-96(108-102)54-42-36-30-24-18-12-6;;;;;;/h43-48,55-75H,7-42,49-54H2,1-6H3;3*1H;;;/q-3;;;;3*+2/p-3. The number of hydrogen-bond acceptors (Lipinski definition) is 6. The Kier molecular flexibility index (Phi) is 49.2. The molecule has 0 spiro atoms. The molecular formula is C102H129Cl3N6Pt3. The number of halogens is 3. The van der Waals surface area contributed by atoms with Crippen LogP contribution in [0.3, 0.4) is 0 Å². The fourth-order valence-corrected chi connectivity index (χ4v) is 15.3. The first-order chi connectivity index (χ1) is 56.3. The zero-order chi connectivity index (χ0) is 81.0. The van der Waals surface area contributed by atoms with Crippen molar-refractivity contribution < 1.29 is 56.3 Å². The molecule has 10 aromatic rings. The van der Waals surface area contributed by atoms with Crippen LogP contribution in [0.1, 0.15) is 307 Å². The van der Waals surface area contributed by atoms with Crippen LogP contribution in [0, 0.1) is 18.2 Å². The summed E-state index contributed by atoms with van der Waals surface area (Å²) in [5.74, 6) is 0. The second-order valence-corrected chi connectivity index (χ2v) is 31.1. The van der Waals surface area contributed by atoms with Crippen molar-refractivity contribution >= 4 is 28.3 Å². The van der Waals surface area contributed by atoms with E-state index >= 15 is 0 Å². The molecule has 0 saturated carbocycles. The van der Waals surface area contributed by atoms with Gasteiger partial charge >= 0.3 is 84.6 Å². The summed E-state index contributed by atoms with van der Waals surface area (Å²) in [6, 6.07) is 72.8. The van der Waals surface area contributed by atoms with Crippen LogP contribution in [-0.2, 0) is 94.8 Å². The molecule has 12 heteroatoms. The van der Waals surface area contributed by atoms with Gasteiger partial charge in [-0.3, -0.25) is 29.9 Å². The third-order valence-electron chi connectivity index (χ3n) is 21.8. The molecule has 6 aromatic heterocycles. The monoisotopic (exact) mass is 2130 g/mol. The van der Waals surface area contributed by atoms with Crippen molar-refractivity contribution in [2.24, 2.45) is 0 Å². The van der Waals surface area contributed by atoms with Crippen LogP contribution in [0.5, 0.6) is 0 Å². The summed E-state index contributed by atoms with van der Waals surface area (Å²) in [5.41, 5.74) is 24.5. The summed E-state index contributed by atoms with van der Waals surface area (Å²) >= 11 is 4.83. The Hall–Kier alpha value is -5.29. The number of hydrogen-bond donors (Lipinski definition) is 0. The zero-order valence-electron chi connectivity index (χ0n) is 69.6. The molecule has 4 aromatic carbocycles. The van der Waals surface area contributed by atoms with Crippen molar-refractivity contribution in [3.05, 3.63) is 216 Å². The molecule has 0 aliphatic rings. The molecule has 618 valence electrons. The van der Waals surface area contributed by atoms with Crippen LogP contribution in [0.15, 0.2) is 164 Å². The number of rotatable bonds is 51. The number of benzene rings is 4. The number of unbranched alkanes of at least 4 members (excludes halogenated alkanes) is 30. The first-order valence-electron chi connectivity index (χ1n) is 43.8. The number of pyridine rings is 6. The Balaban J connectivity index is 0.00000293. The van der Waals surface area contributed by atoms with Crippen LogP contribution in [0.25, 0.3) is 101 Å². The van der Waals surface area contributed by atoms with Crippen molar-refractivity contribution in [2.45, 2.75) is 311 Å². The molecule has 0 bridgehead atoms. The minimum absolute atomic E-state index is 0.928. The predicted octanol–water partition coefficient (Wildman–Crippen LogP) is 31.9. The summed E-state index contributed by atoms with van der Waals surface area (Å²) in [6.07, 6.45) is 50.5. The van der Waals surface area contributed by atoms with E-state index in [1.165, 1.54) is 193 Å². The number of aryl methyl sites for hydroxylation is 6. The van der Waals surface area contributed by atoms with E-state index in [1.807, 2.05) is 0 Å². The Morgan fingerprint density at radius 1 is 0.193 bits per heavy atom. The molecule has 10 rings (SSSR count). The Bertz CT molecular complexity index is 3620. The summed E-state index contributed by atoms with van der Waals surface area (Å²) in [5, 5.41) is 0. The van der Waals surface area contributed by atoms with E-state index in [0.717, 1.165) is 212 Å². The Morgan fingerprint density at radius 2 is 0.333 bits per heavy atom. The van der Waals surface area contributed by atoms with Gasteiger partial charge in [0.1, 0.15) is 0 Å². The van der Waals surface area contributed by atoms with Gasteiger partial charge in [-0.1, -0.05) is 357 Å². The van der Waals surface area contributed by atoms with Gasteiger partial charge in [0.2, 0.25) is 0 Å². The third kappa shape index (κ3) is 34.2. The molecule has 0 N–H and O–H groups in total. The first kappa shape index (κ1) is 95.9. The molecule has 0 amide bonds. The van der Waals surface area contributed by atoms with E-state index in [1.54, 1.807) is 56.3 Å². The SMILES string of the molecule is CCCCCCCCc1cccc(-c2[c-]c(-c3cccc(CCCCCCCC)n3)cc(-c3cc(-c4cc(-c5cccc(CCCCCCCC)n5)[c-]c(-c5cccc(CCCCCCCC)n5)c4)cc(-c4cc(-c5cccc(CCCCCCCC)n5)[c-]c(-c5cccc(CCCCCCCC)n5)c4)c3)c2)n1.[Cl][Pt+].[Cl][Pt+].[Cl][Pt+]. The summed E-state index contributed by atoms with van der Waals surface area (Å²) in [7, 11) is 13.8. The van der Waals surface area contributed by atoms with Gasteiger partial charge in [0.05, 0.1) is 0 Å². The maximum absolute atomic E-state index is 5.49. The Labute approximate surface area is 736 Å². The molecule has 6 heterocycles. The molecule has 6 nitrogen and oxygen atoms in total. The fraction of sp³-hybridized carbons (Fsp3) is 0.471. The minimum atomic E-state index is 0.928. The quantitative estimate of drug-likeness (QED) is 0.0279. The van der Waals surface area contributed by atoms with E-state index in [4.69, 9.17) is 29.9 Å². The van der Waals surface area contributed by atoms with E-state index in [-0.39, 0.29) is 0 Å². The molecule has 114 heavy (non-hydrogen) atoms. The van der Waals surface area contributed by atoms with Crippen LogP contribution < -0.4 is 0 Å². The van der Waals surface area contributed by atoms with Gasteiger partial charge in [0, 0.05) is 68.3 Å². The molecular weight excluding hydrogens is 2000 g/mol. The van der Waals surface area contributed by atoms with Gasteiger partial charge in [0.15, 0.2) is 0 Å². The van der Waals surface area contributed by atoms with Gasteiger partial charge in [-0.25, -0.2) is 0 Å². The van der Waals surface area contributed by atoms with Crippen molar-refractivity contribution in [1.29, 1.82) is 0 Å². The van der Waals surface area contributed by atoms with Gasteiger partial charge in [-0.15, -0.1) is 54.6 Å². The number of nitrogens with zero attached hydrogens (tertiary/aromatic N) is 6. The Morgan fingerprint density at radius 3 is 0.491 bits per heavy atom. The molecule has 0 aliphatic heterocycles. The number of aromatic nitrogens is 6. The summed E-state index contributed by atoms with van der Waals surface area (Å²) in [4.78, 5) is 32.9. The van der Waals surface area contributed by atoms with Crippen molar-refractivity contribution in [1.82, 2.24) is 29.9 Å². The van der Waals surface area contributed by atoms with Crippen LogP contribution in [0.2, 0.25) is 0 Å². The molecule has 0 radical (unpaired) electrons. The van der Waals surface area contributed by atoms with E-state index in [0.29, 0.717) is 0 Å². The molecule has 0 saturated heterocycles. The maximum atomic E-state index is 5.49. The first-order valence-corrected chi connectivity index (χ1v) is 52.3. The van der Waals surface area contributed by atoms with Crippen molar-refractivity contribution in [2.75, 3.05) is 0 Å². The molecule has 0 aliphatic carbocycles. The average Bonchev–Trinajstić information content (AvgIpc) is 0.767. The van der Waals surface area contributed by atoms with Crippen molar-refractivity contribution in [3.63, 3.8) is 0 Å². The van der Waals surface area contributed by atoms with Crippen LogP contribution in [0.4, 0.5) is 0 Å². The van der Waals surface area contributed by atoms with E-state index in [9.17, 15) is 0 Å². The predicted molar refractivity (Wildman–Crippen MR) is 479 cm³/mol. The van der Waals surface area contributed by atoms with Crippen LogP contribution in [-0.4, -0.2) is 29.9 Å². The van der Waals surface area contributed by atoms with E-state index in [2.05, 4.69) is 252 Å². The molecule has 0 atom stereocenters. The van der Waals surface area contributed by atoms with Gasteiger partial charge < -0.3 is 0 Å². The third-order valence-corrected chi connectivity index (χ3v) is 21.8. The summed E-state index contributed by atoms with van der Waals surface area (Å²) in [6.45, 7) is 13.8. The molecule has 0 fully saturated rings. The van der Waals surface area contributed by atoms with Gasteiger partial charge in [0.25, 0.3) is 0 Å². The molecule has 0 unspecified atom stereocenters. The van der Waals surface area contributed by atoms with Crippen molar-refractivity contribution in [3.8, 4) is 101 Å². The fourth-order valence-electron chi connectivity index (χ4n) is 15.3. The van der Waals surface area contributed by atoms with Gasteiger partial charge in [-0.2, -0.15) is 0 Å². The second kappa shape index (κ2) is 58.6.